The Kier molecular flexibility index (Phi) is 6.74. The molecule has 1 unspecified atom stereocenters. The summed E-state index contributed by atoms with van der Waals surface area (Å²) in [7, 11) is 1.56. The second-order valence-corrected chi connectivity index (χ2v) is 8.49. The lowest BCUT2D eigenvalue weighted by Crippen LogP contribution is -2.40. The molecule has 7 heteroatoms. The number of carbonyl (C=O) groups excluding carboxylic acids is 2. The normalized spacial score (nSPS) is 18.7. The Labute approximate surface area is 181 Å². The third kappa shape index (κ3) is 5.47. The van der Waals surface area contributed by atoms with Gasteiger partial charge in [-0.3, -0.25) is 14.5 Å². The molecule has 2 aromatic rings. The molecule has 3 rings (SSSR count). The highest BCUT2D eigenvalue weighted by atomic mass is 19.3. The molecule has 1 aliphatic heterocycles. The molecule has 0 aliphatic carbocycles. The fourth-order valence-corrected chi connectivity index (χ4v) is 3.69. The molecule has 0 amide bonds. The molecule has 0 spiro atoms. The van der Waals surface area contributed by atoms with Crippen LogP contribution in [0, 0.1) is 5.41 Å². The molecule has 166 valence electrons. The smallest absolute Gasteiger partial charge is 0.319 e. The maximum atomic E-state index is 14.2. The number of hydrogen-bond donors (Lipinski definition) is 0. The van der Waals surface area contributed by atoms with Crippen molar-refractivity contribution in [1.29, 1.82) is 0 Å². The Bertz CT molecular complexity index is 913. The third-order valence-corrected chi connectivity index (χ3v) is 5.52. The maximum absolute atomic E-state index is 14.2. The van der Waals surface area contributed by atoms with Crippen molar-refractivity contribution in [2.75, 3.05) is 13.7 Å². The first-order chi connectivity index (χ1) is 14.6. The van der Waals surface area contributed by atoms with Crippen LogP contribution < -0.4 is 4.74 Å². The fraction of sp³-hybridized carbons (Fsp3) is 0.417. The average molecular weight is 431 g/mol. The molecule has 31 heavy (non-hydrogen) atoms. The summed E-state index contributed by atoms with van der Waals surface area (Å²) in [4.78, 5) is 26.6. The van der Waals surface area contributed by atoms with Crippen LogP contribution in [0.4, 0.5) is 8.78 Å². The summed E-state index contributed by atoms with van der Waals surface area (Å²) < 4.78 is 39.0. The summed E-state index contributed by atoms with van der Waals surface area (Å²) in [5.74, 6) is -4.41. The summed E-state index contributed by atoms with van der Waals surface area (Å²) in [6.45, 7) is 2.85. The van der Waals surface area contributed by atoms with Gasteiger partial charge in [-0.15, -0.1) is 0 Å². The highest BCUT2D eigenvalue weighted by Crippen LogP contribution is 2.37. The Hall–Kier alpha value is -2.80. The van der Waals surface area contributed by atoms with Crippen molar-refractivity contribution in [1.82, 2.24) is 4.90 Å². The highest BCUT2D eigenvalue weighted by molar-refractivity contribution is 5.93. The predicted octanol–water partition coefficient (Wildman–Crippen LogP) is 4.24. The van der Waals surface area contributed by atoms with Gasteiger partial charge in [0.25, 0.3) is 0 Å². The van der Waals surface area contributed by atoms with Gasteiger partial charge in [0.05, 0.1) is 25.1 Å². The summed E-state index contributed by atoms with van der Waals surface area (Å²) in [5, 5.41) is 0. The van der Waals surface area contributed by atoms with Crippen LogP contribution in [0.3, 0.4) is 0 Å². The van der Waals surface area contributed by atoms with E-state index in [-0.39, 0.29) is 19.6 Å². The number of methoxy groups -OCH3 is 1. The van der Waals surface area contributed by atoms with E-state index in [0.29, 0.717) is 5.75 Å². The maximum Gasteiger partial charge on any atom is 0.319 e. The zero-order valence-electron chi connectivity index (χ0n) is 17.9. The van der Waals surface area contributed by atoms with Gasteiger partial charge in [-0.2, -0.15) is 8.78 Å². The van der Waals surface area contributed by atoms with E-state index in [4.69, 9.17) is 9.47 Å². The van der Waals surface area contributed by atoms with Crippen LogP contribution >= 0.6 is 0 Å². The van der Waals surface area contributed by atoms with E-state index in [9.17, 15) is 18.4 Å². The van der Waals surface area contributed by atoms with Gasteiger partial charge in [0.15, 0.2) is 0 Å². The van der Waals surface area contributed by atoms with Crippen molar-refractivity contribution in [3.8, 4) is 5.75 Å². The van der Waals surface area contributed by atoms with E-state index in [1.165, 1.54) is 4.90 Å². The third-order valence-electron chi connectivity index (χ3n) is 5.52. The van der Waals surface area contributed by atoms with Gasteiger partial charge in [0.2, 0.25) is 5.78 Å². The zero-order valence-corrected chi connectivity index (χ0v) is 17.9. The zero-order chi connectivity index (χ0) is 22.6. The molecule has 0 saturated carbocycles. The van der Waals surface area contributed by atoms with Gasteiger partial charge in [0, 0.05) is 6.54 Å². The van der Waals surface area contributed by atoms with Crippen LogP contribution in [0.15, 0.2) is 54.6 Å². The number of esters is 1. The number of ether oxygens (including phenoxy) is 2. The number of hydrogen-bond acceptors (Lipinski definition) is 5. The van der Waals surface area contributed by atoms with Crippen molar-refractivity contribution >= 4 is 11.8 Å². The molecule has 5 nitrogen and oxygen atoms in total. The number of ketones is 1. The lowest BCUT2D eigenvalue weighted by atomic mass is 9.84. The van der Waals surface area contributed by atoms with Gasteiger partial charge in [-0.05, 0) is 43.5 Å². The molecule has 1 heterocycles. The minimum Gasteiger partial charge on any atom is -0.497 e. The van der Waals surface area contributed by atoms with Crippen LogP contribution in [-0.4, -0.2) is 42.3 Å². The molecule has 1 aliphatic rings. The van der Waals surface area contributed by atoms with E-state index in [1.54, 1.807) is 45.2 Å². The minimum atomic E-state index is -3.43. The highest BCUT2D eigenvalue weighted by Gasteiger charge is 2.55. The standard InChI is InChI=1S/C24H27F2NO4/c1-23(2,22(29)31-15-18-9-11-19(30-3)12-10-18)13-20-21(28)24(25,26)16-27(20)14-17-7-5-4-6-8-17/h4-12,20H,13-16H2,1-3H3. The SMILES string of the molecule is COc1ccc(COC(=O)C(C)(C)CC2C(=O)C(F)(F)CN2Cc2ccccc2)cc1. The number of carbonyl (C=O) groups is 2. The van der Waals surface area contributed by atoms with Crippen LogP contribution in [-0.2, 0) is 27.5 Å². The van der Waals surface area contributed by atoms with Gasteiger partial charge < -0.3 is 9.47 Å². The van der Waals surface area contributed by atoms with E-state index >= 15 is 0 Å². The molecule has 1 saturated heterocycles. The molecular weight excluding hydrogens is 404 g/mol. The monoisotopic (exact) mass is 431 g/mol. The summed E-state index contributed by atoms with van der Waals surface area (Å²) in [5.41, 5.74) is 0.499. The first-order valence-electron chi connectivity index (χ1n) is 10.1. The van der Waals surface area contributed by atoms with Crippen molar-refractivity contribution in [3.63, 3.8) is 0 Å². The van der Waals surface area contributed by atoms with Gasteiger partial charge in [-0.25, -0.2) is 0 Å². The lowest BCUT2D eigenvalue weighted by Gasteiger charge is -2.29. The van der Waals surface area contributed by atoms with E-state index < -0.39 is 35.7 Å². The van der Waals surface area contributed by atoms with Crippen LogP contribution in [0.5, 0.6) is 5.75 Å². The van der Waals surface area contributed by atoms with Gasteiger partial charge in [-0.1, -0.05) is 42.5 Å². The number of halogens is 2. The second-order valence-electron chi connectivity index (χ2n) is 8.49. The number of likely N-dealkylation sites (tertiary alicyclic amines) is 1. The van der Waals surface area contributed by atoms with Crippen molar-refractivity contribution in [3.05, 3.63) is 65.7 Å². The molecule has 0 bridgehead atoms. The first-order valence-corrected chi connectivity index (χ1v) is 10.1. The summed E-state index contributed by atoms with van der Waals surface area (Å²) >= 11 is 0. The van der Waals surface area contributed by atoms with Crippen molar-refractivity contribution < 1.29 is 27.8 Å². The van der Waals surface area contributed by atoms with Gasteiger partial charge >= 0.3 is 11.9 Å². The summed E-state index contributed by atoms with van der Waals surface area (Å²) in [6.07, 6.45) is -0.0459. The van der Waals surface area contributed by atoms with E-state index in [2.05, 4.69) is 0 Å². The topological polar surface area (TPSA) is 55.8 Å². The van der Waals surface area contributed by atoms with E-state index in [0.717, 1.165) is 11.1 Å². The molecule has 0 radical (unpaired) electrons. The fourth-order valence-electron chi connectivity index (χ4n) is 3.69. The second kappa shape index (κ2) is 9.14. The van der Waals surface area contributed by atoms with E-state index in [1.807, 2.05) is 30.3 Å². The number of Topliss-reactive ketones (excluding diaryl/α,β-unsaturated/α-hetero) is 1. The number of benzene rings is 2. The predicted molar refractivity (Wildman–Crippen MR) is 112 cm³/mol. The summed E-state index contributed by atoms with van der Waals surface area (Å²) in [6, 6.07) is 15.2. The largest absolute Gasteiger partial charge is 0.497 e. The van der Waals surface area contributed by atoms with Crippen LogP contribution in [0.2, 0.25) is 0 Å². The molecule has 2 aromatic carbocycles. The number of rotatable bonds is 8. The molecule has 1 atom stereocenters. The Morgan fingerprint density at radius 1 is 1.10 bits per heavy atom. The number of nitrogens with zero attached hydrogens (tertiary/aromatic N) is 1. The van der Waals surface area contributed by atoms with Crippen molar-refractivity contribution in [2.45, 2.75) is 45.4 Å². The molecule has 0 N–H and O–H groups in total. The first kappa shape index (κ1) is 22.9. The minimum absolute atomic E-state index is 0.0459. The van der Waals surface area contributed by atoms with Crippen LogP contribution in [0.25, 0.3) is 0 Å². The molecule has 1 fully saturated rings. The Morgan fingerprint density at radius 2 is 1.74 bits per heavy atom. The average Bonchev–Trinajstić information content (AvgIpc) is 2.95. The molecular formula is C24H27F2NO4. The Morgan fingerprint density at radius 3 is 2.35 bits per heavy atom. The van der Waals surface area contributed by atoms with Crippen molar-refractivity contribution in [2.24, 2.45) is 5.41 Å². The molecule has 0 aromatic heterocycles. The van der Waals surface area contributed by atoms with Gasteiger partial charge in [0.1, 0.15) is 12.4 Å². The van der Waals surface area contributed by atoms with Crippen LogP contribution in [0.1, 0.15) is 31.4 Å². The number of alkyl halides is 2. The Balaban J connectivity index is 1.67. The lowest BCUT2D eigenvalue weighted by molar-refractivity contribution is -0.156. The quantitative estimate of drug-likeness (QED) is 0.585.